The minimum Gasteiger partial charge on any atom is -0.422 e. The monoisotopic (exact) mass is 423 g/mol. The average Bonchev–Trinajstić information content (AvgIpc) is 3.35. The number of carbonyl (C=O) groups excluding carboxylic acids is 2. The van der Waals surface area contributed by atoms with Crippen molar-refractivity contribution in [2.45, 2.75) is 6.92 Å². The Kier molecular flexibility index (Phi) is 6.22. The fourth-order valence-electron chi connectivity index (χ4n) is 3.22. The molecule has 1 amide bonds. The molecule has 1 aromatic heterocycles. The fourth-order valence-corrected chi connectivity index (χ4v) is 3.22. The van der Waals surface area contributed by atoms with E-state index in [2.05, 4.69) is 10.5 Å². The minimum atomic E-state index is -0.459. The number of benzene rings is 3. The lowest BCUT2D eigenvalue weighted by Gasteiger charge is -2.09. The smallest absolute Gasteiger partial charge is 0.343 e. The number of hydrogen-bond acceptors (Lipinski definition) is 4. The average molecular weight is 423 g/mol. The van der Waals surface area contributed by atoms with Gasteiger partial charge in [0.2, 0.25) is 0 Å². The molecule has 4 aromatic rings. The van der Waals surface area contributed by atoms with Gasteiger partial charge in [-0.25, -0.2) is 10.2 Å². The van der Waals surface area contributed by atoms with Crippen LogP contribution in [0.1, 0.15) is 31.8 Å². The zero-order valence-electron chi connectivity index (χ0n) is 17.4. The second-order valence-electron chi connectivity index (χ2n) is 7.10. The topological polar surface area (TPSA) is 72.7 Å². The Morgan fingerprint density at radius 1 is 0.906 bits per heavy atom. The number of rotatable bonds is 6. The first-order valence-corrected chi connectivity index (χ1v) is 10.1. The number of hydrazone groups is 1. The molecule has 0 saturated carbocycles. The number of aryl methyl sites for hydroxylation is 1. The Hall–Kier alpha value is -4.45. The van der Waals surface area contributed by atoms with E-state index in [1.165, 1.54) is 6.21 Å². The Morgan fingerprint density at radius 2 is 1.66 bits per heavy atom. The first kappa shape index (κ1) is 20.8. The van der Waals surface area contributed by atoms with Gasteiger partial charge in [0.15, 0.2) is 0 Å². The highest BCUT2D eigenvalue weighted by atomic mass is 16.5. The number of aromatic nitrogens is 1. The molecule has 4 rings (SSSR count). The van der Waals surface area contributed by atoms with Gasteiger partial charge in [0, 0.05) is 18.0 Å². The third kappa shape index (κ3) is 4.82. The van der Waals surface area contributed by atoms with Crippen molar-refractivity contribution in [3.8, 4) is 11.4 Å². The Morgan fingerprint density at radius 3 is 2.47 bits per heavy atom. The van der Waals surface area contributed by atoms with Gasteiger partial charge >= 0.3 is 5.97 Å². The van der Waals surface area contributed by atoms with Gasteiger partial charge in [-0.3, -0.25) is 4.79 Å². The molecule has 158 valence electrons. The lowest BCUT2D eigenvalue weighted by Crippen LogP contribution is -2.19. The van der Waals surface area contributed by atoms with Crippen molar-refractivity contribution in [3.63, 3.8) is 0 Å². The van der Waals surface area contributed by atoms with Crippen LogP contribution in [0.4, 0.5) is 0 Å². The molecule has 0 unspecified atom stereocenters. The van der Waals surface area contributed by atoms with Gasteiger partial charge in [0.05, 0.1) is 23.0 Å². The number of nitrogens with zero attached hydrogens (tertiary/aromatic N) is 2. The summed E-state index contributed by atoms with van der Waals surface area (Å²) >= 11 is 0. The molecule has 0 atom stereocenters. The SMILES string of the molecule is Cc1cccc(C(=O)Oc2ccccc2/C=N/NC(=O)c2ccccc2-n2cccc2)c1. The quantitative estimate of drug-likeness (QED) is 0.210. The summed E-state index contributed by atoms with van der Waals surface area (Å²) < 4.78 is 7.41. The van der Waals surface area contributed by atoms with Crippen LogP contribution in [0.3, 0.4) is 0 Å². The summed E-state index contributed by atoms with van der Waals surface area (Å²) in [6.45, 7) is 1.91. The fraction of sp³-hybridized carbons (Fsp3) is 0.0385. The molecule has 1 N–H and O–H groups in total. The van der Waals surface area contributed by atoms with Crippen LogP contribution in [0.15, 0.2) is 102 Å². The van der Waals surface area contributed by atoms with Crippen LogP contribution in [0.2, 0.25) is 0 Å². The van der Waals surface area contributed by atoms with E-state index in [0.717, 1.165) is 11.3 Å². The van der Waals surface area contributed by atoms with E-state index in [0.29, 0.717) is 22.4 Å². The number of hydrogen-bond donors (Lipinski definition) is 1. The summed E-state index contributed by atoms with van der Waals surface area (Å²) in [4.78, 5) is 25.2. The molecular formula is C26H21N3O3. The Balaban J connectivity index is 1.48. The van der Waals surface area contributed by atoms with Gasteiger partial charge in [-0.15, -0.1) is 0 Å². The second-order valence-corrected chi connectivity index (χ2v) is 7.10. The van der Waals surface area contributed by atoms with Crippen LogP contribution >= 0.6 is 0 Å². The Labute approximate surface area is 185 Å². The maximum atomic E-state index is 12.7. The van der Waals surface area contributed by atoms with Crippen molar-refractivity contribution < 1.29 is 14.3 Å². The minimum absolute atomic E-state index is 0.347. The number of nitrogens with one attached hydrogen (secondary N) is 1. The van der Waals surface area contributed by atoms with Crippen LogP contribution in [0, 0.1) is 6.92 Å². The lowest BCUT2D eigenvalue weighted by atomic mass is 10.1. The van der Waals surface area contributed by atoms with E-state index in [-0.39, 0.29) is 5.91 Å². The number of carbonyl (C=O) groups is 2. The molecule has 0 bridgehead atoms. The van der Waals surface area contributed by atoms with E-state index in [1.807, 2.05) is 54.2 Å². The summed E-state index contributed by atoms with van der Waals surface area (Å²) in [5, 5.41) is 4.07. The lowest BCUT2D eigenvalue weighted by molar-refractivity contribution is 0.0734. The van der Waals surface area contributed by atoms with Gasteiger partial charge < -0.3 is 9.30 Å². The molecule has 0 aliphatic rings. The maximum Gasteiger partial charge on any atom is 0.343 e. The number of amides is 1. The van der Waals surface area contributed by atoms with Crippen LogP contribution in [0.5, 0.6) is 5.75 Å². The van der Waals surface area contributed by atoms with E-state index in [9.17, 15) is 9.59 Å². The normalized spacial score (nSPS) is 10.8. The van der Waals surface area contributed by atoms with Crippen molar-refractivity contribution in [2.75, 3.05) is 0 Å². The summed E-state index contributed by atoms with van der Waals surface area (Å²) in [5.41, 5.74) is 5.78. The number of esters is 1. The molecule has 6 heteroatoms. The first-order chi connectivity index (χ1) is 15.6. The molecule has 0 spiro atoms. The van der Waals surface area contributed by atoms with Crippen LogP contribution in [-0.4, -0.2) is 22.7 Å². The highest BCUT2D eigenvalue weighted by Crippen LogP contribution is 2.18. The molecule has 0 aliphatic carbocycles. The predicted octanol–water partition coefficient (Wildman–Crippen LogP) is 4.77. The molecule has 6 nitrogen and oxygen atoms in total. The second kappa shape index (κ2) is 9.57. The third-order valence-corrected chi connectivity index (χ3v) is 4.78. The van der Waals surface area contributed by atoms with Gasteiger partial charge in [0.25, 0.3) is 5.91 Å². The Bertz CT molecular complexity index is 1280. The van der Waals surface area contributed by atoms with Crippen molar-refractivity contribution in [3.05, 3.63) is 120 Å². The summed E-state index contributed by atoms with van der Waals surface area (Å²) in [7, 11) is 0. The van der Waals surface area contributed by atoms with Crippen LogP contribution in [-0.2, 0) is 0 Å². The van der Waals surface area contributed by atoms with E-state index < -0.39 is 5.97 Å². The molecule has 1 heterocycles. The molecule has 0 aliphatic heterocycles. The molecule has 3 aromatic carbocycles. The molecular weight excluding hydrogens is 402 g/mol. The van der Waals surface area contributed by atoms with E-state index >= 15 is 0 Å². The standard InChI is InChI=1S/C26H21N3O3/c1-19-9-8-11-20(17-19)26(31)32-24-14-5-2-10-21(24)18-27-28-25(30)22-12-3-4-13-23(22)29-15-6-7-16-29/h2-18H,1H3,(H,28,30)/b27-18+. The molecule has 0 saturated heterocycles. The molecule has 0 radical (unpaired) electrons. The first-order valence-electron chi connectivity index (χ1n) is 10.1. The van der Waals surface area contributed by atoms with E-state index in [1.54, 1.807) is 54.6 Å². The van der Waals surface area contributed by atoms with Crippen molar-refractivity contribution in [2.24, 2.45) is 5.10 Å². The highest BCUT2D eigenvalue weighted by molar-refractivity contribution is 5.98. The number of ether oxygens (including phenoxy) is 1. The predicted molar refractivity (Wildman–Crippen MR) is 123 cm³/mol. The molecule has 32 heavy (non-hydrogen) atoms. The van der Waals surface area contributed by atoms with Crippen molar-refractivity contribution in [1.29, 1.82) is 0 Å². The summed E-state index contributed by atoms with van der Waals surface area (Å²) in [6, 6.07) is 25.2. The van der Waals surface area contributed by atoms with Gasteiger partial charge in [-0.2, -0.15) is 5.10 Å². The third-order valence-electron chi connectivity index (χ3n) is 4.78. The van der Waals surface area contributed by atoms with E-state index in [4.69, 9.17) is 4.74 Å². The van der Waals surface area contributed by atoms with Crippen molar-refractivity contribution >= 4 is 18.1 Å². The highest BCUT2D eigenvalue weighted by Gasteiger charge is 2.12. The van der Waals surface area contributed by atoms with Gasteiger partial charge in [-0.05, 0) is 55.5 Å². The molecule has 0 fully saturated rings. The van der Waals surface area contributed by atoms with Gasteiger partial charge in [-0.1, -0.05) is 42.0 Å². The summed E-state index contributed by atoms with van der Waals surface area (Å²) in [5.74, 6) is -0.455. The van der Waals surface area contributed by atoms with Crippen molar-refractivity contribution in [1.82, 2.24) is 9.99 Å². The van der Waals surface area contributed by atoms with Crippen LogP contribution < -0.4 is 10.2 Å². The summed E-state index contributed by atoms with van der Waals surface area (Å²) in [6.07, 6.45) is 5.19. The zero-order chi connectivity index (χ0) is 22.3. The largest absolute Gasteiger partial charge is 0.422 e. The zero-order valence-corrected chi connectivity index (χ0v) is 17.4. The van der Waals surface area contributed by atoms with Gasteiger partial charge in [0.1, 0.15) is 5.75 Å². The maximum absolute atomic E-state index is 12.7. The number of para-hydroxylation sites is 2. The van der Waals surface area contributed by atoms with Crippen LogP contribution in [0.25, 0.3) is 5.69 Å².